The van der Waals surface area contributed by atoms with E-state index < -0.39 is 0 Å². The van der Waals surface area contributed by atoms with Gasteiger partial charge in [0.2, 0.25) is 0 Å². The van der Waals surface area contributed by atoms with Crippen LogP contribution in [0.5, 0.6) is 0 Å². The van der Waals surface area contributed by atoms with Gasteiger partial charge in [-0.1, -0.05) is 20.8 Å². The monoisotopic (exact) mass is 303 g/mol. The van der Waals surface area contributed by atoms with Crippen molar-refractivity contribution in [2.24, 2.45) is 17.3 Å². The molecule has 2 nitrogen and oxygen atoms in total. The van der Waals surface area contributed by atoms with E-state index in [1.165, 1.54) is 44.4 Å². The molecule has 0 aromatic rings. The fraction of sp³-hybridized carbons (Fsp3) is 0.900. The van der Waals surface area contributed by atoms with Crippen molar-refractivity contribution in [1.82, 2.24) is 4.90 Å². The molecule has 0 saturated carbocycles. The summed E-state index contributed by atoms with van der Waals surface area (Å²) in [6.07, 6.45) is 7.92. The molecule has 7 unspecified atom stereocenters. The quantitative estimate of drug-likeness (QED) is 0.693. The Morgan fingerprint density at radius 1 is 1.27 bits per heavy atom. The third-order valence-electron chi connectivity index (χ3n) is 8.12. The number of piperidine rings is 1. The first-order valence-electron chi connectivity index (χ1n) is 9.52. The third-order valence-corrected chi connectivity index (χ3v) is 8.12. The van der Waals surface area contributed by atoms with Crippen LogP contribution in [0.3, 0.4) is 0 Å². The fourth-order valence-electron chi connectivity index (χ4n) is 6.21. The van der Waals surface area contributed by atoms with Crippen molar-refractivity contribution in [2.75, 3.05) is 6.54 Å². The Kier molecular flexibility index (Phi) is 3.25. The van der Waals surface area contributed by atoms with Gasteiger partial charge in [-0.15, -0.1) is 0 Å². The first kappa shape index (κ1) is 15.1. The standard InChI is InChI=1S/C20H33NO/c1-6-16-9-15-10-18-19(4)11-13(2)20(5,8-7-17(16)22-18)21(12-15)14(19)3/h13-15,18H,6-12H2,1-5H3. The highest BCUT2D eigenvalue weighted by Crippen LogP contribution is 2.57. The van der Waals surface area contributed by atoms with Gasteiger partial charge in [0.1, 0.15) is 6.10 Å². The highest BCUT2D eigenvalue weighted by atomic mass is 16.5. The largest absolute Gasteiger partial charge is 0.494 e. The van der Waals surface area contributed by atoms with Crippen LogP contribution in [0.4, 0.5) is 0 Å². The summed E-state index contributed by atoms with van der Waals surface area (Å²) in [5.74, 6) is 2.95. The molecule has 6 heterocycles. The van der Waals surface area contributed by atoms with Crippen LogP contribution in [0.1, 0.15) is 73.1 Å². The molecule has 0 spiro atoms. The highest BCUT2D eigenvalue weighted by Gasteiger charge is 2.59. The van der Waals surface area contributed by atoms with Crippen LogP contribution in [0.2, 0.25) is 0 Å². The molecular weight excluding hydrogens is 270 g/mol. The number of nitrogens with zero attached hydrogens (tertiary/aromatic N) is 1. The number of hydrogen-bond donors (Lipinski definition) is 0. The molecule has 6 rings (SSSR count). The summed E-state index contributed by atoms with van der Waals surface area (Å²) in [6, 6.07) is 0.645. The van der Waals surface area contributed by atoms with Crippen molar-refractivity contribution in [1.29, 1.82) is 0 Å². The Hall–Kier alpha value is -0.500. The van der Waals surface area contributed by atoms with Gasteiger partial charge in [-0.2, -0.15) is 0 Å². The topological polar surface area (TPSA) is 12.5 Å². The van der Waals surface area contributed by atoms with E-state index in [9.17, 15) is 0 Å². The molecule has 6 aliphatic rings. The number of hydrogen-bond acceptors (Lipinski definition) is 2. The summed E-state index contributed by atoms with van der Waals surface area (Å²) >= 11 is 0. The van der Waals surface area contributed by atoms with Crippen molar-refractivity contribution in [3.63, 3.8) is 0 Å². The molecule has 4 saturated heterocycles. The fourth-order valence-corrected chi connectivity index (χ4v) is 6.21. The molecule has 0 amide bonds. The van der Waals surface area contributed by atoms with Crippen molar-refractivity contribution < 1.29 is 4.74 Å². The van der Waals surface area contributed by atoms with Gasteiger partial charge in [0, 0.05) is 30.0 Å². The summed E-state index contributed by atoms with van der Waals surface area (Å²) in [6.45, 7) is 13.7. The van der Waals surface area contributed by atoms with Crippen LogP contribution in [-0.2, 0) is 4.74 Å². The lowest BCUT2D eigenvalue weighted by Crippen LogP contribution is -2.65. The van der Waals surface area contributed by atoms with E-state index in [1.54, 1.807) is 5.57 Å². The lowest BCUT2D eigenvalue weighted by molar-refractivity contribution is -0.118. The zero-order valence-electron chi connectivity index (χ0n) is 15.1. The van der Waals surface area contributed by atoms with Crippen molar-refractivity contribution in [3.05, 3.63) is 11.3 Å². The Labute approximate surface area is 136 Å². The van der Waals surface area contributed by atoms with Crippen LogP contribution in [0.15, 0.2) is 11.3 Å². The van der Waals surface area contributed by atoms with E-state index in [0.717, 1.165) is 18.3 Å². The molecule has 7 atom stereocenters. The summed E-state index contributed by atoms with van der Waals surface area (Å²) in [7, 11) is 0. The molecule has 6 aliphatic heterocycles. The molecule has 0 radical (unpaired) electrons. The molecule has 0 aliphatic carbocycles. The van der Waals surface area contributed by atoms with Gasteiger partial charge >= 0.3 is 0 Å². The Balaban J connectivity index is 1.91. The van der Waals surface area contributed by atoms with E-state index in [4.69, 9.17) is 4.74 Å². The number of fused-ring (bicyclic) bond motifs is 2. The normalized spacial score (nSPS) is 53.8. The van der Waals surface area contributed by atoms with Crippen LogP contribution >= 0.6 is 0 Å². The minimum absolute atomic E-state index is 0.312. The van der Waals surface area contributed by atoms with Crippen molar-refractivity contribution in [2.45, 2.75) is 90.8 Å². The van der Waals surface area contributed by atoms with Gasteiger partial charge in [0.05, 0.1) is 5.76 Å². The van der Waals surface area contributed by atoms with Gasteiger partial charge in [-0.05, 0) is 63.4 Å². The lowest BCUT2D eigenvalue weighted by Gasteiger charge is -2.59. The second-order valence-corrected chi connectivity index (χ2v) is 9.09. The second kappa shape index (κ2) is 4.75. The molecule has 0 N–H and O–H groups in total. The van der Waals surface area contributed by atoms with Gasteiger partial charge < -0.3 is 4.74 Å². The number of rotatable bonds is 1. The average Bonchev–Trinajstić information content (AvgIpc) is 2.65. The van der Waals surface area contributed by atoms with Gasteiger partial charge in [0.25, 0.3) is 0 Å². The minimum atomic E-state index is 0.312. The highest BCUT2D eigenvalue weighted by molar-refractivity contribution is 5.20. The number of allylic oxidation sites excluding steroid dienone is 2. The molecule has 22 heavy (non-hydrogen) atoms. The molecular formula is C20H33NO. The smallest absolute Gasteiger partial charge is 0.105 e. The van der Waals surface area contributed by atoms with E-state index in [-0.39, 0.29) is 0 Å². The predicted octanol–water partition coefficient (Wildman–Crippen LogP) is 4.75. The Bertz CT molecular complexity index is 512. The maximum atomic E-state index is 6.78. The molecule has 124 valence electrons. The van der Waals surface area contributed by atoms with Gasteiger partial charge in [-0.25, -0.2) is 0 Å². The summed E-state index contributed by atoms with van der Waals surface area (Å²) in [4.78, 5) is 2.91. The van der Waals surface area contributed by atoms with E-state index in [2.05, 4.69) is 39.5 Å². The summed E-state index contributed by atoms with van der Waals surface area (Å²) in [5, 5.41) is 0. The second-order valence-electron chi connectivity index (χ2n) is 9.09. The molecule has 6 bridgehead atoms. The van der Waals surface area contributed by atoms with Crippen molar-refractivity contribution >= 4 is 0 Å². The van der Waals surface area contributed by atoms with E-state index in [0.29, 0.717) is 23.1 Å². The van der Waals surface area contributed by atoms with Gasteiger partial charge in [-0.3, -0.25) is 4.90 Å². The van der Waals surface area contributed by atoms with Crippen LogP contribution in [-0.4, -0.2) is 29.1 Å². The minimum Gasteiger partial charge on any atom is -0.494 e. The maximum Gasteiger partial charge on any atom is 0.105 e. The lowest BCUT2D eigenvalue weighted by atomic mass is 9.62. The average molecular weight is 303 g/mol. The van der Waals surface area contributed by atoms with Gasteiger partial charge in [0.15, 0.2) is 0 Å². The third kappa shape index (κ3) is 1.82. The van der Waals surface area contributed by atoms with E-state index in [1.807, 2.05) is 0 Å². The summed E-state index contributed by atoms with van der Waals surface area (Å²) in [5.41, 5.74) is 2.30. The van der Waals surface area contributed by atoms with Crippen molar-refractivity contribution in [3.8, 4) is 0 Å². The zero-order chi connectivity index (χ0) is 15.7. The zero-order valence-corrected chi connectivity index (χ0v) is 15.1. The molecule has 0 aromatic carbocycles. The Morgan fingerprint density at radius 3 is 2.77 bits per heavy atom. The number of ether oxygens (including phenoxy) is 1. The summed E-state index contributed by atoms with van der Waals surface area (Å²) < 4.78 is 6.78. The Morgan fingerprint density at radius 2 is 2.05 bits per heavy atom. The van der Waals surface area contributed by atoms with Crippen LogP contribution in [0, 0.1) is 17.3 Å². The SMILES string of the molecule is CCC1=C2CCC3(C)C(C)CC4(C)C(CC(C1)CN3C4C)O2. The first-order chi connectivity index (χ1) is 10.4. The maximum absolute atomic E-state index is 6.78. The van der Waals surface area contributed by atoms with E-state index >= 15 is 0 Å². The first-order valence-corrected chi connectivity index (χ1v) is 9.52. The predicted molar refractivity (Wildman–Crippen MR) is 90.6 cm³/mol. The van der Waals surface area contributed by atoms with Crippen LogP contribution in [0.25, 0.3) is 0 Å². The van der Waals surface area contributed by atoms with Crippen LogP contribution < -0.4 is 0 Å². The molecule has 4 fully saturated rings. The molecule has 2 heteroatoms. The molecule has 0 aromatic heterocycles.